The van der Waals surface area contributed by atoms with Crippen LogP contribution < -0.4 is 4.72 Å². The van der Waals surface area contributed by atoms with Crippen LogP contribution in [0.4, 0.5) is 5.69 Å². The Kier molecular flexibility index (Phi) is 4.64. The second-order valence-electron chi connectivity index (χ2n) is 5.00. The van der Waals surface area contributed by atoms with Gasteiger partial charge in [0, 0.05) is 25.0 Å². The Labute approximate surface area is 124 Å². The molecule has 1 aromatic heterocycles. The maximum Gasteiger partial charge on any atom is 0.265 e. The minimum absolute atomic E-state index is 0.0444. The summed E-state index contributed by atoms with van der Waals surface area (Å²) in [4.78, 5) is 0.111. The van der Waals surface area contributed by atoms with E-state index in [4.69, 9.17) is 5.11 Å². The number of nitrogens with zero attached hydrogens (tertiary/aromatic N) is 2. The van der Waals surface area contributed by atoms with Crippen LogP contribution in [0.1, 0.15) is 17.5 Å². The molecule has 6 nitrogen and oxygen atoms in total. The van der Waals surface area contributed by atoms with E-state index >= 15 is 0 Å². The molecular weight excluding hydrogens is 290 g/mol. The topological polar surface area (TPSA) is 84.2 Å². The molecule has 2 aromatic rings. The Hall–Kier alpha value is -1.86. The van der Waals surface area contributed by atoms with Crippen LogP contribution in [-0.4, -0.2) is 29.9 Å². The van der Waals surface area contributed by atoms with Crippen molar-refractivity contribution < 1.29 is 13.5 Å². The molecule has 0 aliphatic carbocycles. The van der Waals surface area contributed by atoms with E-state index in [0.29, 0.717) is 18.7 Å². The number of aliphatic hydroxyl groups excluding tert-OH is 1. The third kappa shape index (κ3) is 4.05. The van der Waals surface area contributed by atoms with Gasteiger partial charge in [0.1, 0.15) is 4.90 Å². The van der Waals surface area contributed by atoms with Crippen LogP contribution in [-0.2, 0) is 16.6 Å². The Bertz CT molecular complexity index is 703. The van der Waals surface area contributed by atoms with Crippen molar-refractivity contribution in [1.82, 2.24) is 9.78 Å². The predicted octanol–water partition coefficient (Wildman–Crippen LogP) is 1.68. The summed E-state index contributed by atoms with van der Waals surface area (Å²) in [5, 5.41) is 12.8. The van der Waals surface area contributed by atoms with Gasteiger partial charge in [-0.25, -0.2) is 8.42 Å². The third-order valence-electron chi connectivity index (χ3n) is 2.94. The molecule has 0 amide bonds. The summed E-state index contributed by atoms with van der Waals surface area (Å²) in [6.45, 7) is 4.35. The summed E-state index contributed by atoms with van der Waals surface area (Å²) < 4.78 is 28.7. The molecule has 0 fully saturated rings. The number of anilines is 1. The van der Waals surface area contributed by atoms with E-state index in [9.17, 15) is 8.42 Å². The minimum atomic E-state index is -3.65. The van der Waals surface area contributed by atoms with Gasteiger partial charge in [0.05, 0.1) is 6.20 Å². The predicted molar refractivity (Wildman–Crippen MR) is 80.7 cm³/mol. The molecule has 0 radical (unpaired) electrons. The van der Waals surface area contributed by atoms with Gasteiger partial charge in [0.15, 0.2) is 0 Å². The molecular formula is C14H19N3O3S. The molecule has 0 aliphatic heterocycles. The molecule has 1 heterocycles. The fourth-order valence-electron chi connectivity index (χ4n) is 2.09. The Morgan fingerprint density at radius 1 is 1.24 bits per heavy atom. The maximum atomic E-state index is 12.3. The molecule has 2 rings (SSSR count). The van der Waals surface area contributed by atoms with Crippen LogP contribution in [0, 0.1) is 13.8 Å². The van der Waals surface area contributed by atoms with E-state index in [2.05, 4.69) is 9.82 Å². The molecule has 1 aromatic carbocycles. The van der Waals surface area contributed by atoms with E-state index in [1.54, 1.807) is 12.1 Å². The summed E-state index contributed by atoms with van der Waals surface area (Å²) in [5.41, 5.74) is 2.52. The summed E-state index contributed by atoms with van der Waals surface area (Å²) in [6.07, 6.45) is 3.30. The van der Waals surface area contributed by atoms with Crippen LogP contribution in [0.15, 0.2) is 35.5 Å². The van der Waals surface area contributed by atoms with Crippen LogP contribution in [0.25, 0.3) is 0 Å². The first-order valence-electron chi connectivity index (χ1n) is 6.65. The van der Waals surface area contributed by atoms with Gasteiger partial charge in [0.2, 0.25) is 0 Å². The lowest BCUT2D eigenvalue weighted by Crippen LogP contribution is -2.12. The zero-order valence-electron chi connectivity index (χ0n) is 12.1. The second kappa shape index (κ2) is 6.28. The van der Waals surface area contributed by atoms with Crippen LogP contribution >= 0.6 is 0 Å². The Balaban J connectivity index is 2.19. The van der Waals surface area contributed by atoms with Gasteiger partial charge in [-0.05, 0) is 43.5 Å². The average molecular weight is 309 g/mol. The Morgan fingerprint density at radius 2 is 1.90 bits per heavy atom. The SMILES string of the molecule is Cc1cc(C)cc(NS(=O)(=O)c2cnn(CCCO)c2)c1. The van der Waals surface area contributed by atoms with Crippen molar-refractivity contribution >= 4 is 15.7 Å². The van der Waals surface area contributed by atoms with Crippen molar-refractivity contribution in [2.75, 3.05) is 11.3 Å². The molecule has 7 heteroatoms. The van der Waals surface area contributed by atoms with E-state index in [-0.39, 0.29) is 11.5 Å². The highest BCUT2D eigenvalue weighted by atomic mass is 32.2. The lowest BCUT2D eigenvalue weighted by atomic mass is 10.1. The molecule has 0 atom stereocenters. The van der Waals surface area contributed by atoms with Crippen LogP contribution in [0.2, 0.25) is 0 Å². The smallest absolute Gasteiger partial charge is 0.265 e. The number of sulfonamides is 1. The number of rotatable bonds is 6. The first-order chi connectivity index (χ1) is 9.90. The molecule has 21 heavy (non-hydrogen) atoms. The van der Waals surface area contributed by atoms with Gasteiger partial charge < -0.3 is 5.11 Å². The number of benzene rings is 1. The number of aryl methyl sites for hydroxylation is 3. The lowest BCUT2D eigenvalue weighted by molar-refractivity contribution is 0.277. The molecule has 0 saturated heterocycles. The van der Waals surface area contributed by atoms with E-state index < -0.39 is 10.0 Å². The number of hydrogen-bond donors (Lipinski definition) is 2. The van der Waals surface area contributed by atoms with Crippen molar-refractivity contribution in [3.8, 4) is 0 Å². The van der Waals surface area contributed by atoms with E-state index in [0.717, 1.165) is 11.1 Å². The average Bonchev–Trinajstić information content (AvgIpc) is 2.84. The largest absolute Gasteiger partial charge is 0.396 e. The highest BCUT2D eigenvalue weighted by molar-refractivity contribution is 7.92. The summed E-state index contributed by atoms with van der Waals surface area (Å²) in [5.74, 6) is 0. The van der Waals surface area contributed by atoms with Crippen molar-refractivity contribution in [3.63, 3.8) is 0 Å². The first kappa shape index (κ1) is 15.5. The standard InChI is InChI=1S/C14H19N3O3S/c1-11-6-12(2)8-13(7-11)16-21(19,20)14-9-15-17(10-14)4-3-5-18/h6-10,16,18H,3-5H2,1-2H3. The van der Waals surface area contributed by atoms with Crippen molar-refractivity contribution in [3.05, 3.63) is 41.7 Å². The molecule has 0 unspecified atom stereocenters. The molecule has 0 saturated carbocycles. The Morgan fingerprint density at radius 3 is 2.52 bits per heavy atom. The normalized spacial score (nSPS) is 11.6. The summed E-state index contributed by atoms with van der Waals surface area (Å²) in [7, 11) is -3.65. The van der Waals surface area contributed by atoms with Gasteiger partial charge in [-0.15, -0.1) is 0 Å². The number of aliphatic hydroxyl groups is 1. The maximum absolute atomic E-state index is 12.3. The molecule has 114 valence electrons. The van der Waals surface area contributed by atoms with E-state index in [1.807, 2.05) is 19.9 Å². The zero-order valence-corrected chi connectivity index (χ0v) is 12.9. The first-order valence-corrected chi connectivity index (χ1v) is 8.13. The van der Waals surface area contributed by atoms with Crippen molar-refractivity contribution in [1.29, 1.82) is 0 Å². The fourth-order valence-corrected chi connectivity index (χ4v) is 3.08. The van der Waals surface area contributed by atoms with Crippen LogP contribution in [0.5, 0.6) is 0 Å². The highest BCUT2D eigenvalue weighted by Gasteiger charge is 2.16. The molecule has 0 bridgehead atoms. The number of hydrogen-bond acceptors (Lipinski definition) is 4. The second-order valence-corrected chi connectivity index (χ2v) is 6.68. The van der Waals surface area contributed by atoms with Gasteiger partial charge >= 0.3 is 0 Å². The van der Waals surface area contributed by atoms with E-state index in [1.165, 1.54) is 17.1 Å². The quantitative estimate of drug-likeness (QED) is 0.850. The minimum Gasteiger partial charge on any atom is -0.396 e. The van der Waals surface area contributed by atoms with Crippen molar-refractivity contribution in [2.24, 2.45) is 0 Å². The third-order valence-corrected chi connectivity index (χ3v) is 4.27. The zero-order chi connectivity index (χ0) is 15.5. The number of aromatic nitrogens is 2. The van der Waals surface area contributed by atoms with Gasteiger partial charge in [0.25, 0.3) is 10.0 Å². The molecule has 2 N–H and O–H groups in total. The molecule has 0 spiro atoms. The van der Waals surface area contributed by atoms with Crippen molar-refractivity contribution in [2.45, 2.75) is 31.7 Å². The summed E-state index contributed by atoms with van der Waals surface area (Å²) in [6, 6.07) is 5.53. The van der Waals surface area contributed by atoms with Crippen LogP contribution in [0.3, 0.4) is 0 Å². The monoisotopic (exact) mass is 309 g/mol. The summed E-state index contributed by atoms with van der Waals surface area (Å²) >= 11 is 0. The highest BCUT2D eigenvalue weighted by Crippen LogP contribution is 2.18. The van der Waals surface area contributed by atoms with Gasteiger partial charge in [-0.1, -0.05) is 6.07 Å². The fraction of sp³-hybridized carbons (Fsp3) is 0.357. The number of nitrogens with one attached hydrogen (secondary N) is 1. The van der Waals surface area contributed by atoms with Gasteiger partial charge in [-0.2, -0.15) is 5.10 Å². The molecule has 0 aliphatic rings. The van der Waals surface area contributed by atoms with Gasteiger partial charge in [-0.3, -0.25) is 9.40 Å². The lowest BCUT2D eigenvalue weighted by Gasteiger charge is -2.08.